The fraction of sp³-hybridized carbons (Fsp3) is 0.118. The van der Waals surface area contributed by atoms with Crippen molar-refractivity contribution in [2.24, 2.45) is 0 Å². The molecule has 0 aliphatic carbocycles. The van der Waals surface area contributed by atoms with Gasteiger partial charge in [0.25, 0.3) is 5.91 Å². The van der Waals surface area contributed by atoms with Gasteiger partial charge in [0.15, 0.2) is 5.76 Å². The third kappa shape index (κ3) is 2.88. The van der Waals surface area contributed by atoms with E-state index >= 15 is 0 Å². The predicted molar refractivity (Wildman–Crippen MR) is 82.6 cm³/mol. The molecule has 1 aromatic carbocycles. The first-order valence-electron chi connectivity index (χ1n) is 6.85. The number of carbonyl (C=O) groups is 1. The molecular formula is C17H14N2O3. The van der Waals surface area contributed by atoms with Crippen LogP contribution in [0.1, 0.15) is 21.7 Å². The van der Waals surface area contributed by atoms with E-state index in [9.17, 15) is 9.59 Å². The maximum Gasteiger partial charge on any atom is 0.344 e. The van der Waals surface area contributed by atoms with Gasteiger partial charge in [-0.05, 0) is 36.1 Å². The molecule has 0 saturated heterocycles. The van der Waals surface area contributed by atoms with Crippen molar-refractivity contribution in [2.75, 3.05) is 0 Å². The largest absolute Gasteiger partial charge is 0.417 e. The summed E-state index contributed by atoms with van der Waals surface area (Å²) in [5, 5.41) is 3.87. The third-order valence-corrected chi connectivity index (χ3v) is 3.32. The van der Waals surface area contributed by atoms with Crippen molar-refractivity contribution in [3.05, 3.63) is 76.1 Å². The lowest BCUT2D eigenvalue weighted by molar-refractivity contribution is 0.0919. The number of benzene rings is 1. The maximum absolute atomic E-state index is 12.1. The van der Waals surface area contributed by atoms with E-state index in [0.29, 0.717) is 17.3 Å². The molecule has 0 bridgehead atoms. The number of nitrogens with zero attached hydrogens (tertiary/aromatic N) is 1. The zero-order chi connectivity index (χ0) is 15.5. The molecule has 0 atom stereocenters. The number of rotatable bonds is 3. The van der Waals surface area contributed by atoms with Gasteiger partial charge in [-0.25, -0.2) is 4.79 Å². The zero-order valence-electron chi connectivity index (χ0n) is 12.0. The van der Waals surface area contributed by atoms with Crippen molar-refractivity contribution in [1.29, 1.82) is 0 Å². The lowest BCUT2D eigenvalue weighted by Gasteiger charge is -2.05. The SMILES string of the molecule is Cc1ccc2cc(C(=O)NCc3cccnc3)oc(=O)c2c1. The number of aromatic nitrogens is 1. The van der Waals surface area contributed by atoms with Crippen molar-refractivity contribution in [3.8, 4) is 0 Å². The van der Waals surface area contributed by atoms with Crippen LogP contribution in [0.4, 0.5) is 0 Å². The van der Waals surface area contributed by atoms with Crippen LogP contribution in [0, 0.1) is 6.92 Å². The fourth-order valence-electron chi connectivity index (χ4n) is 2.18. The highest BCUT2D eigenvalue weighted by molar-refractivity contribution is 5.95. The molecule has 110 valence electrons. The van der Waals surface area contributed by atoms with Crippen LogP contribution < -0.4 is 10.9 Å². The van der Waals surface area contributed by atoms with Crippen LogP contribution >= 0.6 is 0 Å². The summed E-state index contributed by atoms with van der Waals surface area (Å²) in [5.41, 5.74) is 1.33. The minimum absolute atomic E-state index is 0.00485. The third-order valence-electron chi connectivity index (χ3n) is 3.32. The Labute approximate surface area is 126 Å². The second-order valence-electron chi connectivity index (χ2n) is 5.03. The summed E-state index contributed by atoms with van der Waals surface area (Å²) in [6.45, 7) is 2.22. The van der Waals surface area contributed by atoms with E-state index in [1.54, 1.807) is 36.7 Å². The summed E-state index contributed by atoms with van der Waals surface area (Å²) in [7, 11) is 0. The van der Waals surface area contributed by atoms with Crippen molar-refractivity contribution in [1.82, 2.24) is 10.3 Å². The molecule has 2 aromatic heterocycles. The zero-order valence-corrected chi connectivity index (χ0v) is 12.0. The quantitative estimate of drug-likeness (QED) is 0.805. The summed E-state index contributed by atoms with van der Waals surface area (Å²) in [4.78, 5) is 28.1. The number of carbonyl (C=O) groups excluding carboxylic acids is 1. The van der Waals surface area contributed by atoms with Crippen LogP contribution in [-0.2, 0) is 6.54 Å². The normalized spacial score (nSPS) is 10.6. The van der Waals surface area contributed by atoms with Crippen LogP contribution in [0.25, 0.3) is 10.8 Å². The van der Waals surface area contributed by atoms with Crippen molar-refractivity contribution >= 4 is 16.7 Å². The van der Waals surface area contributed by atoms with Crippen LogP contribution in [0.5, 0.6) is 0 Å². The van der Waals surface area contributed by atoms with Gasteiger partial charge in [-0.2, -0.15) is 0 Å². The Morgan fingerprint density at radius 3 is 2.91 bits per heavy atom. The Bertz CT molecular complexity index is 885. The fourth-order valence-corrected chi connectivity index (χ4v) is 2.18. The van der Waals surface area contributed by atoms with E-state index in [2.05, 4.69) is 10.3 Å². The predicted octanol–water partition coefficient (Wildman–Crippen LogP) is 2.43. The molecular weight excluding hydrogens is 280 g/mol. The molecule has 5 nitrogen and oxygen atoms in total. The van der Waals surface area contributed by atoms with Gasteiger partial charge >= 0.3 is 5.63 Å². The lowest BCUT2D eigenvalue weighted by atomic mass is 10.1. The second-order valence-corrected chi connectivity index (χ2v) is 5.03. The summed E-state index contributed by atoms with van der Waals surface area (Å²) in [6, 6.07) is 10.7. The van der Waals surface area contributed by atoms with Gasteiger partial charge in [-0.15, -0.1) is 0 Å². The van der Waals surface area contributed by atoms with E-state index in [1.165, 1.54) is 0 Å². The van der Waals surface area contributed by atoms with E-state index in [4.69, 9.17) is 4.42 Å². The summed E-state index contributed by atoms with van der Waals surface area (Å²) in [6.07, 6.45) is 3.33. The molecule has 2 heterocycles. The molecule has 22 heavy (non-hydrogen) atoms. The van der Waals surface area contributed by atoms with Crippen molar-refractivity contribution < 1.29 is 9.21 Å². The van der Waals surface area contributed by atoms with Crippen LogP contribution in [0.2, 0.25) is 0 Å². The first-order chi connectivity index (χ1) is 10.6. The Morgan fingerprint density at radius 2 is 2.14 bits per heavy atom. The van der Waals surface area contributed by atoms with Gasteiger partial charge in [-0.3, -0.25) is 9.78 Å². The second kappa shape index (κ2) is 5.81. The molecule has 3 rings (SSSR count). The molecule has 0 fully saturated rings. The van der Waals surface area contributed by atoms with E-state index in [-0.39, 0.29) is 5.76 Å². The van der Waals surface area contributed by atoms with Crippen LogP contribution in [-0.4, -0.2) is 10.9 Å². The molecule has 1 N–H and O–H groups in total. The van der Waals surface area contributed by atoms with E-state index < -0.39 is 11.5 Å². The molecule has 0 aliphatic heterocycles. The van der Waals surface area contributed by atoms with Crippen LogP contribution in [0.15, 0.2) is 58.0 Å². The number of nitrogens with one attached hydrogen (secondary N) is 1. The minimum Gasteiger partial charge on any atom is -0.417 e. The number of amides is 1. The molecule has 1 amide bonds. The number of pyridine rings is 1. The number of aryl methyl sites for hydroxylation is 1. The van der Waals surface area contributed by atoms with Crippen LogP contribution in [0.3, 0.4) is 0 Å². The van der Waals surface area contributed by atoms with Gasteiger partial charge in [0.1, 0.15) is 0 Å². The summed E-state index contributed by atoms with van der Waals surface area (Å²) >= 11 is 0. The van der Waals surface area contributed by atoms with Gasteiger partial charge in [0.2, 0.25) is 0 Å². The lowest BCUT2D eigenvalue weighted by Crippen LogP contribution is -2.24. The monoisotopic (exact) mass is 294 g/mol. The summed E-state index contributed by atoms with van der Waals surface area (Å²) < 4.78 is 5.11. The number of fused-ring (bicyclic) bond motifs is 1. The average Bonchev–Trinajstić information content (AvgIpc) is 2.54. The topological polar surface area (TPSA) is 72.2 Å². The Hall–Kier alpha value is -2.95. The van der Waals surface area contributed by atoms with E-state index in [1.807, 2.05) is 19.1 Å². The molecule has 0 aliphatic rings. The molecule has 5 heteroatoms. The van der Waals surface area contributed by atoms with Gasteiger partial charge in [-0.1, -0.05) is 23.8 Å². The number of hydrogen-bond acceptors (Lipinski definition) is 4. The van der Waals surface area contributed by atoms with Gasteiger partial charge < -0.3 is 9.73 Å². The smallest absolute Gasteiger partial charge is 0.344 e. The van der Waals surface area contributed by atoms with Gasteiger partial charge in [0.05, 0.1) is 5.39 Å². The highest BCUT2D eigenvalue weighted by Gasteiger charge is 2.12. The highest BCUT2D eigenvalue weighted by Crippen LogP contribution is 2.14. The Morgan fingerprint density at radius 1 is 1.27 bits per heavy atom. The van der Waals surface area contributed by atoms with Crippen molar-refractivity contribution in [2.45, 2.75) is 13.5 Å². The molecule has 0 saturated carbocycles. The number of hydrogen-bond donors (Lipinski definition) is 1. The minimum atomic E-state index is -0.507. The first kappa shape index (κ1) is 14.0. The Kier molecular flexibility index (Phi) is 3.70. The molecule has 0 unspecified atom stereocenters. The van der Waals surface area contributed by atoms with Crippen molar-refractivity contribution in [3.63, 3.8) is 0 Å². The average molecular weight is 294 g/mol. The highest BCUT2D eigenvalue weighted by atomic mass is 16.4. The Balaban J connectivity index is 1.85. The van der Waals surface area contributed by atoms with Gasteiger partial charge in [0, 0.05) is 18.9 Å². The molecule has 3 aromatic rings. The standard InChI is InChI=1S/C17H14N2O3/c1-11-4-5-13-8-15(22-17(21)14(13)7-11)16(20)19-10-12-3-2-6-18-9-12/h2-9H,10H2,1H3,(H,19,20). The maximum atomic E-state index is 12.1. The van der Waals surface area contributed by atoms with E-state index in [0.717, 1.165) is 11.1 Å². The molecule has 0 spiro atoms. The molecule has 0 radical (unpaired) electrons. The summed E-state index contributed by atoms with van der Waals surface area (Å²) in [5.74, 6) is -0.423. The first-order valence-corrected chi connectivity index (χ1v) is 6.85.